The molecule has 0 radical (unpaired) electrons. The highest BCUT2D eigenvalue weighted by Crippen LogP contribution is 2.24. The summed E-state index contributed by atoms with van der Waals surface area (Å²) in [5, 5.41) is 12.3. The van der Waals surface area contributed by atoms with Gasteiger partial charge in [0.15, 0.2) is 0 Å². The Morgan fingerprint density at radius 3 is 2.75 bits per heavy atom. The van der Waals surface area contributed by atoms with E-state index in [4.69, 9.17) is 4.74 Å². The molecule has 0 heterocycles. The van der Waals surface area contributed by atoms with Gasteiger partial charge >= 0.3 is 0 Å². The van der Waals surface area contributed by atoms with Crippen molar-refractivity contribution in [3.05, 3.63) is 29.8 Å². The Kier molecular flexibility index (Phi) is 5.41. The molecule has 1 amide bonds. The van der Waals surface area contributed by atoms with E-state index in [9.17, 15) is 9.90 Å². The van der Waals surface area contributed by atoms with E-state index in [2.05, 4.69) is 5.32 Å². The first-order chi connectivity index (χ1) is 9.63. The molecule has 0 aliphatic heterocycles. The zero-order chi connectivity index (χ0) is 14.4. The Hall–Kier alpha value is -1.55. The highest BCUT2D eigenvalue weighted by molar-refractivity contribution is 5.75. The van der Waals surface area contributed by atoms with Crippen molar-refractivity contribution < 1.29 is 14.6 Å². The van der Waals surface area contributed by atoms with Gasteiger partial charge in [0.05, 0.1) is 19.1 Å². The first kappa shape index (κ1) is 14.9. The normalized spacial score (nSPS) is 21.7. The summed E-state index contributed by atoms with van der Waals surface area (Å²) >= 11 is 0. The number of carbonyl (C=O) groups is 1. The number of hydrogen-bond donors (Lipinski definition) is 2. The Balaban J connectivity index is 1.59. The van der Waals surface area contributed by atoms with Crippen molar-refractivity contribution >= 4 is 5.91 Å². The van der Waals surface area contributed by atoms with E-state index in [1.54, 1.807) is 0 Å². The van der Waals surface area contributed by atoms with Crippen LogP contribution in [0.4, 0.5) is 0 Å². The monoisotopic (exact) mass is 277 g/mol. The molecule has 0 saturated heterocycles. The lowest BCUT2D eigenvalue weighted by Gasteiger charge is -2.11. The van der Waals surface area contributed by atoms with E-state index in [0.717, 1.165) is 25.0 Å². The van der Waals surface area contributed by atoms with Gasteiger partial charge in [-0.05, 0) is 44.2 Å². The van der Waals surface area contributed by atoms with Crippen LogP contribution in [0, 0.1) is 12.8 Å². The smallest absolute Gasteiger partial charge is 0.223 e. The topological polar surface area (TPSA) is 58.6 Å². The fraction of sp³-hybridized carbons (Fsp3) is 0.562. The van der Waals surface area contributed by atoms with Crippen molar-refractivity contribution in [1.82, 2.24) is 5.32 Å². The molecule has 2 N–H and O–H groups in total. The second-order valence-electron chi connectivity index (χ2n) is 5.55. The predicted molar refractivity (Wildman–Crippen MR) is 77.6 cm³/mol. The van der Waals surface area contributed by atoms with Gasteiger partial charge in [-0.15, -0.1) is 0 Å². The molecule has 1 saturated carbocycles. The average Bonchev–Trinajstić information content (AvgIpc) is 2.85. The average molecular weight is 277 g/mol. The van der Waals surface area contributed by atoms with E-state index in [0.29, 0.717) is 25.5 Å². The SMILES string of the molecule is Cc1ccc(OCCC(=O)NCC2CCC(O)C2)cc1. The van der Waals surface area contributed by atoms with Gasteiger partial charge in [-0.25, -0.2) is 0 Å². The number of benzene rings is 1. The molecule has 2 atom stereocenters. The van der Waals surface area contributed by atoms with E-state index in [1.807, 2.05) is 31.2 Å². The van der Waals surface area contributed by atoms with Crippen LogP contribution in [0.2, 0.25) is 0 Å². The van der Waals surface area contributed by atoms with Crippen molar-refractivity contribution in [1.29, 1.82) is 0 Å². The molecule has 1 aromatic rings. The summed E-state index contributed by atoms with van der Waals surface area (Å²) in [6.45, 7) is 3.08. The van der Waals surface area contributed by atoms with Crippen molar-refractivity contribution in [2.75, 3.05) is 13.2 Å². The third-order valence-electron chi connectivity index (χ3n) is 3.72. The number of aliphatic hydroxyl groups excluding tert-OH is 1. The van der Waals surface area contributed by atoms with Gasteiger partial charge in [-0.2, -0.15) is 0 Å². The maximum absolute atomic E-state index is 11.7. The minimum Gasteiger partial charge on any atom is -0.493 e. The number of aryl methyl sites for hydroxylation is 1. The minimum absolute atomic E-state index is 0.0125. The van der Waals surface area contributed by atoms with Gasteiger partial charge in [0, 0.05) is 6.54 Å². The molecule has 2 unspecified atom stereocenters. The lowest BCUT2D eigenvalue weighted by atomic mass is 10.1. The first-order valence-corrected chi connectivity index (χ1v) is 7.27. The van der Waals surface area contributed by atoms with Crippen LogP contribution in [0.5, 0.6) is 5.75 Å². The van der Waals surface area contributed by atoms with E-state index >= 15 is 0 Å². The molecular formula is C16H23NO3. The highest BCUT2D eigenvalue weighted by Gasteiger charge is 2.22. The molecule has 20 heavy (non-hydrogen) atoms. The third-order valence-corrected chi connectivity index (χ3v) is 3.72. The summed E-state index contributed by atoms with van der Waals surface area (Å²) in [7, 11) is 0. The van der Waals surface area contributed by atoms with E-state index in [-0.39, 0.29) is 12.0 Å². The second kappa shape index (κ2) is 7.29. The quantitative estimate of drug-likeness (QED) is 0.836. The molecule has 4 heteroatoms. The molecule has 0 aromatic heterocycles. The number of amides is 1. The molecular weight excluding hydrogens is 254 g/mol. The largest absolute Gasteiger partial charge is 0.493 e. The van der Waals surface area contributed by atoms with E-state index in [1.165, 1.54) is 5.56 Å². The van der Waals surface area contributed by atoms with Gasteiger partial charge in [0.25, 0.3) is 0 Å². The van der Waals surface area contributed by atoms with Gasteiger partial charge in [-0.3, -0.25) is 4.79 Å². The predicted octanol–water partition coefficient (Wildman–Crippen LogP) is 2.04. The number of hydrogen-bond acceptors (Lipinski definition) is 3. The second-order valence-corrected chi connectivity index (χ2v) is 5.55. The van der Waals surface area contributed by atoms with Crippen LogP contribution in [0.25, 0.3) is 0 Å². The molecule has 2 rings (SSSR count). The van der Waals surface area contributed by atoms with E-state index < -0.39 is 0 Å². The molecule has 1 fully saturated rings. The molecule has 1 aromatic carbocycles. The minimum atomic E-state index is -0.179. The molecule has 0 spiro atoms. The van der Waals surface area contributed by atoms with Crippen LogP contribution in [-0.4, -0.2) is 30.3 Å². The highest BCUT2D eigenvalue weighted by atomic mass is 16.5. The molecule has 4 nitrogen and oxygen atoms in total. The van der Waals surface area contributed by atoms with Crippen LogP contribution >= 0.6 is 0 Å². The maximum Gasteiger partial charge on any atom is 0.223 e. The first-order valence-electron chi connectivity index (χ1n) is 7.27. The molecule has 1 aliphatic rings. The Morgan fingerprint density at radius 1 is 1.35 bits per heavy atom. The molecule has 0 bridgehead atoms. The lowest BCUT2D eigenvalue weighted by Crippen LogP contribution is -2.29. The number of aliphatic hydroxyl groups is 1. The molecule has 110 valence electrons. The van der Waals surface area contributed by atoms with Crippen LogP contribution in [0.15, 0.2) is 24.3 Å². The Bertz CT molecular complexity index is 430. The van der Waals surface area contributed by atoms with Gasteiger partial charge in [0.2, 0.25) is 5.91 Å². The summed E-state index contributed by atoms with van der Waals surface area (Å²) in [5.41, 5.74) is 1.19. The Morgan fingerprint density at radius 2 is 2.10 bits per heavy atom. The van der Waals surface area contributed by atoms with Crippen LogP contribution in [0.3, 0.4) is 0 Å². The summed E-state index contributed by atoms with van der Waals surface area (Å²) < 4.78 is 5.52. The summed E-state index contributed by atoms with van der Waals surface area (Å²) in [5.74, 6) is 1.23. The van der Waals surface area contributed by atoms with Crippen LogP contribution in [0.1, 0.15) is 31.2 Å². The van der Waals surface area contributed by atoms with Crippen LogP contribution < -0.4 is 10.1 Å². The fourth-order valence-corrected chi connectivity index (χ4v) is 2.48. The summed E-state index contributed by atoms with van der Waals surface area (Å²) in [4.78, 5) is 11.7. The number of carbonyl (C=O) groups excluding carboxylic acids is 1. The number of nitrogens with one attached hydrogen (secondary N) is 1. The number of ether oxygens (including phenoxy) is 1. The molecule has 1 aliphatic carbocycles. The van der Waals surface area contributed by atoms with Gasteiger partial charge in [-0.1, -0.05) is 17.7 Å². The summed E-state index contributed by atoms with van der Waals surface area (Å²) in [6.07, 6.45) is 2.85. The zero-order valence-corrected chi connectivity index (χ0v) is 12.0. The standard InChI is InChI=1S/C16H23NO3/c1-12-2-6-15(7-3-12)20-9-8-16(19)17-11-13-4-5-14(18)10-13/h2-3,6-7,13-14,18H,4-5,8-11H2,1H3,(H,17,19). The number of rotatable bonds is 6. The van der Waals surface area contributed by atoms with Crippen molar-refractivity contribution in [3.8, 4) is 5.75 Å². The van der Waals surface area contributed by atoms with Crippen molar-refractivity contribution in [2.45, 2.75) is 38.7 Å². The third kappa shape index (κ3) is 4.85. The van der Waals surface area contributed by atoms with Crippen molar-refractivity contribution in [3.63, 3.8) is 0 Å². The summed E-state index contributed by atoms with van der Waals surface area (Å²) in [6, 6.07) is 7.79. The van der Waals surface area contributed by atoms with Crippen molar-refractivity contribution in [2.24, 2.45) is 5.92 Å². The zero-order valence-electron chi connectivity index (χ0n) is 12.0. The fourth-order valence-electron chi connectivity index (χ4n) is 2.48. The maximum atomic E-state index is 11.7. The van der Waals surface area contributed by atoms with Gasteiger partial charge < -0.3 is 15.2 Å². The van der Waals surface area contributed by atoms with Crippen LogP contribution in [-0.2, 0) is 4.79 Å². The Labute approximate surface area is 120 Å². The van der Waals surface area contributed by atoms with Gasteiger partial charge in [0.1, 0.15) is 5.75 Å². The lowest BCUT2D eigenvalue weighted by molar-refractivity contribution is -0.121.